The molecule has 0 bridgehead atoms. The Labute approximate surface area is 155 Å². The van der Waals surface area contributed by atoms with Gasteiger partial charge >= 0.3 is 5.97 Å². The van der Waals surface area contributed by atoms with E-state index in [0.29, 0.717) is 12.8 Å². The van der Waals surface area contributed by atoms with E-state index >= 15 is 0 Å². The van der Waals surface area contributed by atoms with Crippen LogP contribution in [0, 0.1) is 23.7 Å². The molecule has 0 aromatic carbocycles. The molecule has 1 rings (SSSR count). The summed E-state index contributed by atoms with van der Waals surface area (Å²) in [5.74, 6) is -3.78. The molecule has 148 valence electrons. The summed E-state index contributed by atoms with van der Waals surface area (Å²) in [6, 6.07) is 0. The summed E-state index contributed by atoms with van der Waals surface area (Å²) >= 11 is 0. The van der Waals surface area contributed by atoms with Crippen molar-refractivity contribution in [3.8, 4) is 0 Å². The Bertz CT molecular complexity index is 565. The highest BCUT2D eigenvalue weighted by molar-refractivity contribution is 6.00. The van der Waals surface area contributed by atoms with Crippen LogP contribution in [0.1, 0.15) is 54.4 Å². The molecule has 7 atom stereocenters. The van der Waals surface area contributed by atoms with E-state index in [2.05, 4.69) is 0 Å². The number of Topliss-reactive ketones (excluding diaryl/α,β-unsaturated/α-hetero) is 1. The van der Waals surface area contributed by atoms with Gasteiger partial charge in [-0.3, -0.25) is 14.4 Å². The lowest BCUT2D eigenvalue weighted by atomic mass is 9.81. The van der Waals surface area contributed by atoms with Crippen LogP contribution in [0.3, 0.4) is 0 Å². The zero-order chi connectivity index (χ0) is 20.2. The number of aliphatic hydroxyl groups excluding tert-OH is 1. The molecule has 0 radical (unpaired) electrons. The van der Waals surface area contributed by atoms with E-state index in [-0.39, 0.29) is 17.6 Å². The maximum Gasteiger partial charge on any atom is 0.316 e. The van der Waals surface area contributed by atoms with Gasteiger partial charge in [-0.05, 0) is 44.8 Å². The van der Waals surface area contributed by atoms with E-state index in [1.165, 1.54) is 26.0 Å². The zero-order valence-electron chi connectivity index (χ0n) is 16.6. The van der Waals surface area contributed by atoms with Crippen LogP contribution in [-0.4, -0.2) is 45.6 Å². The number of carbonyl (C=O) groups is 3. The Morgan fingerprint density at radius 1 is 1.19 bits per heavy atom. The van der Waals surface area contributed by atoms with Crippen molar-refractivity contribution in [2.75, 3.05) is 0 Å². The van der Waals surface area contributed by atoms with Gasteiger partial charge in [0.15, 0.2) is 11.6 Å². The topological polar surface area (TPSA) is 101 Å². The predicted molar refractivity (Wildman–Crippen MR) is 97.2 cm³/mol. The minimum atomic E-state index is -1.52. The number of esters is 1. The van der Waals surface area contributed by atoms with Crippen molar-refractivity contribution in [1.82, 2.24) is 0 Å². The number of hydrogen-bond acceptors (Lipinski definition) is 6. The number of rotatable bonds is 1. The first kappa shape index (κ1) is 22.5. The number of cyclic esters (lactones) is 1. The zero-order valence-corrected chi connectivity index (χ0v) is 16.6. The lowest BCUT2D eigenvalue weighted by molar-refractivity contribution is -0.166. The van der Waals surface area contributed by atoms with Gasteiger partial charge in [-0.25, -0.2) is 0 Å². The molecule has 0 spiro atoms. The van der Waals surface area contributed by atoms with Gasteiger partial charge < -0.3 is 14.9 Å². The lowest BCUT2D eigenvalue weighted by Gasteiger charge is -2.31. The molecule has 0 saturated carbocycles. The first-order valence-corrected chi connectivity index (χ1v) is 9.30. The van der Waals surface area contributed by atoms with Gasteiger partial charge in [0.1, 0.15) is 17.6 Å². The van der Waals surface area contributed by atoms with E-state index in [1.807, 2.05) is 0 Å². The molecule has 0 aliphatic carbocycles. The number of allylic oxidation sites excluding steroid dienone is 1. The summed E-state index contributed by atoms with van der Waals surface area (Å²) in [6.07, 6.45) is 1.54. The molecule has 0 fully saturated rings. The standard InChI is InChI=1S/C20H32O6/c1-7-16-20(6,25)9-8-15(21)11(2)10-12(3)17(22)13(4)18(23)14(5)19(24)26-16/h8-9,11-14,16-17,22,25H,7,10H2,1-6H3/b9-8+/t11-,12?,13-,14-,16?,17+,20+/m1/s1. The molecule has 6 heteroatoms. The first-order valence-electron chi connectivity index (χ1n) is 9.30. The number of aliphatic hydroxyl groups is 2. The molecular weight excluding hydrogens is 336 g/mol. The molecule has 0 amide bonds. The highest BCUT2D eigenvalue weighted by atomic mass is 16.6. The predicted octanol–water partition coefficient (Wildman–Crippen LogP) is 2.06. The van der Waals surface area contributed by atoms with Crippen LogP contribution in [0.4, 0.5) is 0 Å². The number of hydrogen-bond donors (Lipinski definition) is 2. The van der Waals surface area contributed by atoms with E-state index < -0.39 is 41.4 Å². The Balaban J connectivity index is 3.27. The van der Waals surface area contributed by atoms with Crippen LogP contribution in [0.25, 0.3) is 0 Å². The van der Waals surface area contributed by atoms with Crippen molar-refractivity contribution in [3.63, 3.8) is 0 Å². The summed E-state index contributed by atoms with van der Waals surface area (Å²) in [7, 11) is 0. The molecule has 2 unspecified atom stereocenters. The Morgan fingerprint density at radius 2 is 1.77 bits per heavy atom. The van der Waals surface area contributed by atoms with E-state index in [0.717, 1.165) is 0 Å². The monoisotopic (exact) mass is 368 g/mol. The van der Waals surface area contributed by atoms with E-state index in [4.69, 9.17) is 4.74 Å². The van der Waals surface area contributed by atoms with E-state index in [1.54, 1.807) is 27.7 Å². The van der Waals surface area contributed by atoms with Gasteiger partial charge in [0, 0.05) is 11.8 Å². The van der Waals surface area contributed by atoms with Gasteiger partial charge in [-0.1, -0.05) is 27.7 Å². The summed E-state index contributed by atoms with van der Waals surface area (Å²) in [5, 5.41) is 21.1. The van der Waals surface area contributed by atoms with Gasteiger partial charge in [-0.15, -0.1) is 0 Å². The van der Waals surface area contributed by atoms with Gasteiger partial charge in [0.2, 0.25) is 0 Å². The maximum absolute atomic E-state index is 12.6. The Morgan fingerprint density at radius 3 is 2.31 bits per heavy atom. The van der Waals surface area contributed by atoms with Crippen LogP contribution in [-0.2, 0) is 19.1 Å². The molecule has 1 aliphatic rings. The van der Waals surface area contributed by atoms with Crippen molar-refractivity contribution < 1.29 is 29.3 Å². The van der Waals surface area contributed by atoms with Crippen LogP contribution < -0.4 is 0 Å². The number of ketones is 2. The highest BCUT2D eigenvalue weighted by Crippen LogP contribution is 2.26. The van der Waals surface area contributed by atoms with Crippen molar-refractivity contribution in [1.29, 1.82) is 0 Å². The second-order valence-electron chi connectivity index (χ2n) is 7.81. The average Bonchev–Trinajstić information content (AvgIpc) is 2.60. The third kappa shape index (κ3) is 5.24. The van der Waals surface area contributed by atoms with Crippen LogP contribution in [0.5, 0.6) is 0 Å². The number of carbonyl (C=O) groups excluding carboxylic acids is 3. The average molecular weight is 368 g/mol. The SMILES string of the molecule is CCC1OC(=O)[C@H](C)C(=O)[C@H](C)[C@@H](O)C(C)C[C@@H](C)C(=O)/C=C/[C@]1(C)O. The summed E-state index contributed by atoms with van der Waals surface area (Å²) < 4.78 is 5.36. The molecule has 0 aromatic rings. The fourth-order valence-electron chi connectivity index (χ4n) is 3.37. The maximum atomic E-state index is 12.6. The van der Waals surface area contributed by atoms with Crippen LogP contribution in [0.15, 0.2) is 12.2 Å². The summed E-state index contributed by atoms with van der Waals surface area (Å²) in [5.41, 5.74) is -1.52. The molecule has 0 aromatic heterocycles. The van der Waals surface area contributed by atoms with E-state index in [9.17, 15) is 24.6 Å². The third-order valence-corrected chi connectivity index (χ3v) is 5.40. The second-order valence-corrected chi connectivity index (χ2v) is 7.81. The first-order chi connectivity index (χ1) is 11.9. The fraction of sp³-hybridized carbons (Fsp3) is 0.750. The molecule has 1 heterocycles. The molecule has 2 N–H and O–H groups in total. The molecule has 6 nitrogen and oxygen atoms in total. The van der Waals surface area contributed by atoms with Crippen LogP contribution in [0.2, 0.25) is 0 Å². The van der Waals surface area contributed by atoms with Gasteiger partial charge in [0.25, 0.3) is 0 Å². The summed E-state index contributed by atoms with van der Waals surface area (Å²) in [6.45, 7) is 9.78. The van der Waals surface area contributed by atoms with Crippen molar-refractivity contribution in [2.24, 2.45) is 23.7 Å². The second kappa shape index (κ2) is 8.91. The Hall–Kier alpha value is -1.53. The van der Waals surface area contributed by atoms with Gasteiger partial charge in [0.05, 0.1) is 6.10 Å². The molecule has 26 heavy (non-hydrogen) atoms. The third-order valence-electron chi connectivity index (χ3n) is 5.40. The quantitative estimate of drug-likeness (QED) is 0.543. The minimum Gasteiger partial charge on any atom is -0.458 e. The smallest absolute Gasteiger partial charge is 0.316 e. The fourth-order valence-corrected chi connectivity index (χ4v) is 3.37. The van der Waals surface area contributed by atoms with Crippen molar-refractivity contribution >= 4 is 17.5 Å². The Kier molecular flexibility index (Phi) is 7.71. The van der Waals surface area contributed by atoms with Crippen molar-refractivity contribution in [3.05, 3.63) is 12.2 Å². The summed E-state index contributed by atoms with van der Waals surface area (Å²) in [4.78, 5) is 37.3. The lowest BCUT2D eigenvalue weighted by Crippen LogP contribution is -2.44. The highest BCUT2D eigenvalue weighted by Gasteiger charge is 2.38. The number of ether oxygens (including phenoxy) is 1. The normalized spacial score (nSPS) is 42.1. The largest absolute Gasteiger partial charge is 0.458 e. The van der Waals surface area contributed by atoms with Gasteiger partial charge in [-0.2, -0.15) is 0 Å². The van der Waals surface area contributed by atoms with Crippen molar-refractivity contribution in [2.45, 2.75) is 72.2 Å². The molecule has 1 aliphatic heterocycles. The molecular formula is C20H32O6. The molecule has 0 saturated heterocycles. The van der Waals surface area contributed by atoms with Crippen LogP contribution >= 0.6 is 0 Å². The minimum absolute atomic E-state index is 0.185.